The van der Waals surface area contributed by atoms with Crippen molar-refractivity contribution in [2.24, 2.45) is 5.41 Å². The zero-order valence-electron chi connectivity index (χ0n) is 13.9. The predicted molar refractivity (Wildman–Crippen MR) is 94.1 cm³/mol. The van der Waals surface area contributed by atoms with Crippen LogP contribution in [-0.4, -0.2) is 45.1 Å². The molecular formula is C18H20ClN5O. The molecule has 7 heteroatoms. The van der Waals surface area contributed by atoms with E-state index in [-0.39, 0.29) is 11.9 Å². The molecule has 4 rings (SSSR count). The second-order valence-corrected chi connectivity index (χ2v) is 7.62. The van der Waals surface area contributed by atoms with Gasteiger partial charge in [0.15, 0.2) is 0 Å². The summed E-state index contributed by atoms with van der Waals surface area (Å²) < 4.78 is 0. The summed E-state index contributed by atoms with van der Waals surface area (Å²) in [5.74, 6) is -0.0606. The Balaban J connectivity index is 1.28. The van der Waals surface area contributed by atoms with Gasteiger partial charge in [0.25, 0.3) is 5.91 Å². The molecule has 1 spiro atoms. The number of carbonyl (C=O) groups excluding carboxylic acids is 1. The van der Waals surface area contributed by atoms with Gasteiger partial charge in [-0.25, -0.2) is 0 Å². The zero-order valence-corrected chi connectivity index (χ0v) is 14.6. The third-order valence-electron chi connectivity index (χ3n) is 5.23. The summed E-state index contributed by atoms with van der Waals surface area (Å²) in [4.78, 5) is 18.8. The SMILES string of the molecule is O=C(NC1CC2(CCN(Cc3cncc(Cl)c3)C2)C1)c1ccnnc1. The van der Waals surface area contributed by atoms with Gasteiger partial charge in [0.1, 0.15) is 0 Å². The van der Waals surface area contributed by atoms with Crippen LogP contribution in [0.3, 0.4) is 0 Å². The summed E-state index contributed by atoms with van der Waals surface area (Å²) in [6.45, 7) is 3.04. The van der Waals surface area contributed by atoms with Crippen molar-refractivity contribution >= 4 is 17.5 Å². The number of rotatable bonds is 4. The second-order valence-electron chi connectivity index (χ2n) is 7.18. The lowest BCUT2D eigenvalue weighted by Gasteiger charge is -2.45. The van der Waals surface area contributed by atoms with Gasteiger partial charge in [-0.1, -0.05) is 11.6 Å². The number of likely N-dealkylation sites (tertiary alicyclic amines) is 1. The molecule has 0 atom stereocenters. The Bertz CT molecular complexity index is 763. The fraction of sp³-hybridized carbons (Fsp3) is 0.444. The molecule has 2 aliphatic rings. The molecule has 1 saturated carbocycles. The fourth-order valence-electron chi connectivity index (χ4n) is 4.08. The van der Waals surface area contributed by atoms with Crippen molar-refractivity contribution in [3.05, 3.63) is 53.1 Å². The van der Waals surface area contributed by atoms with E-state index in [0.29, 0.717) is 16.0 Å². The van der Waals surface area contributed by atoms with Gasteiger partial charge in [0.05, 0.1) is 23.0 Å². The molecule has 0 bridgehead atoms. The van der Waals surface area contributed by atoms with Crippen LogP contribution in [0.5, 0.6) is 0 Å². The molecule has 1 aliphatic carbocycles. The van der Waals surface area contributed by atoms with Crippen LogP contribution in [0.4, 0.5) is 0 Å². The Hall–Kier alpha value is -2.05. The second kappa shape index (κ2) is 6.69. The van der Waals surface area contributed by atoms with E-state index < -0.39 is 0 Å². The molecule has 1 aliphatic heterocycles. The van der Waals surface area contributed by atoms with E-state index >= 15 is 0 Å². The average Bonchev–Trinajstić information content (AvgIpc) is 2.99. The molecule has 6 nitrogen and oxygen atoms in total. The van der Waals surface area contributed by atoms with E-state index in [0.717, 1.165) is 38.0 Å². The van der Waals surface area contributed by atoms with Gasteiger partial charge in [-0.15, -0.1) is 0 Å². The van der Waals surface area contributed by atoms with Crippen molar-refractivity contribution in [1.82, 2.24) is 25.4 Å². The van der Waals surface area contributed by atoms with Gasteiger partial charge < -0.3 is 5.32 Å². The lowest BCUT2D eigenvalue weighted by Crippen LogP contribution is -2.51. The Morgan fingerprint density at radius 1 is 1.32 bits per heavy atom. The molecule has 2 fully saturated rings. The van der Waals surface area contributed by atoms with Crippen LogP contribution >= 0.6 is 11.6 Å². The van der Waals surface area contributed by atoms with E-state index in [1.807, 2.05) is 12.3 Å². The van der Waals surface area contributed by atoms with Crippen molar-refractivity contribution < 1.29 is 4.79 Å². The van der Waals surface area contributed by atoms with Crippen LogP contribution in [0.1, 0.15) is 35.2 Å². The molecule has 3 heterocycles. The zero-order chi connectivity index (χ0) is 17.3. The van der Waals surface area contributed by atoms with E-state index in [1.165, 1.54) is 18.8 Å². The molecule has 2 aromatic rings. The molecule has 2 aromatic heterocycles. The number of nitrogens with one attached hydrogen (secondary N) is 1. The highest BCUT2D eigenvalue weighted by Gasteiger charge is 2.48. The Kier molecular flexibility index (Phi) is 4.39. The summed E-state index contributed by atoms with van der Waals surface area (Å²) >= 11 is 6.01. The van der Waals surface area contributed by atoms with Crippen molar-refractivity contribution in [3.8, 4) is 0 Å². The van der Waals surface area contributed by atoms with Gasteiger partial charge in [-0.05, 0) is 48.9 Å². The van der Waals surface area contributed by atoms with E-state index in [4.69, 9.17) is 11.6 Å². The van der Waals surface area contributed by atoms with Crippen LogP contribution < -0.4 is 5.32 Å². The highest BCUT2D eigenvalue weighted by Crippen LogP contribution is 2.48. The summed E-state index contributed by atoms with van der Waals surface area (Å²) in [6.07, 6.45) is 9.85. The summed E-state index contributed by atoms with van der Waals surface area (Å²) in [5, 5.41) is 11.2. The lowest BCUT2D eigenvalue weighted by molar-refractivity contribution is 0.0694. The van der Waals surface area contributed by atoms with Gasteiger partial charge in [-0.3, -0.25) is 14.7 Å². The van der Waals surface area contributed by atoms with E-state index in [9.17, 15) is 4.79 Å². The van der Waals surface area contributed by atoms with Crippen molar-refractivity contribution in [1.29, 1.82) is 0 Å². The average molecular weight is 358 g/mol. The minimum absolute atomic E-state index is 0.0606. The standard InChI is InChI=1S/C18H20ClN5O/c19-15-5-13(8-20-10-15)11-24-4-2-18(12-24)6-16(7-18)23-17(25)14-1-3-21-22-9-14/h1,3,5,8-10,16H,2,4,6-7,11-12H2,(H,23,25). The normalized spacial score (nSPS) is 25.7. The van der Waals surface area contributed by atoms with Gasteiger partial charge in [0, 0.05) is 31.5 Å². The molecule has 1 N–H and O–H groups in total. The van der Waals surface area contributed by atoms with Crippen LogP contribution in [0.25, 0.3) is 0 Å². The molecule has 25 heavy (non-hydrogen) atoms. The number of hydrogen-bond donors (Lipinski definition) is 1. The molecule has 0 unspecified atom stereocenters. The largest absolute Gasteiger partial charge is 0.349 e. The van der Waals surface area contributed by atoms with Gasteiger partial charge in [-0.2, -0.15) is 10.2 Å². The maximum absolute atomic E-state index is 12.2. The monoisotopic (exact) mass is 357 g/mol. The predicted octanol–water partition coefficient (Wildman–Crippen LogP) is 2.31. The topological polar surface area (TPSA) is 71.0 Å². The van der Waals surface area contributed by atoms with E-state index in [1.54, 1.807) is 12.3 Å². The fourth-order valence-corrected chi connectivity index (χ4v) is 4.27. The molecule has 130 valence electrons. The maximum Gasteiger partial charge on any atom is 0.253 e. The minimum atomic E-state index is -0.0606. The van der Waals surface area contributed by atoms with E-state index in [2.05, 4.69) is 25.4 Å². The third-order valence-corrected chi connectivity index (χ3v) is 5.43. The van der Waals surface area contributed by atoms with Gasteiger partial charge in [0.2, 0.25) is 0 Å². The first-order valence-electron chi connectivity index (χ1n) is 8.51. The first kappa shape index (κ1) is 16.4. The van der Waals surface area contributed by atoms with Gasteiger partial charge >= 0.3 is 0 Å². The van der Waals surface area contributed by atoms with Crippen molar-refractivity contribution in [2.45, 2.75) is 31.8 Å². The van der Waals surface area contributed by atoms with Crippen molar-refractivity contribution in [2.75, 3.05) is 13.1 Å². The van der Waals surface area contributed by atoms with Crippen LogP contribution in [-0.2, 0) is 6.54 Å². The first-order chi connectivity index (χ1) is 12.1. The summed E-state index contributed by atoms with van der Waals surface area (Å²) in [6, 6.07) is 3.92. The minimum Gasteiger partial charge on any atom is -0.349 e. The summed E-state index contributed by atoms with van der Waals surface area (Å²) in [7, 11) is 0. The molecule has 1 amide bonds. The number of aromatic nitrogens is 3. The van der Waals surface area contributed by atoms with Crippen molar-refractivity contribution in [3.63, 3.8) is 0 Å². The Labute approximate surface area is 151 Å². The summed E-state index contributed by atoms with van der Waals surface area (Å²) in [5.41, 5.74) is 2.07. The highest BCUT2D eigenvalue weighted by molar-refractivity contribution is 6.30. The van der Waals surface area contributed by atoms with Crippen LogP contribution in [0, 0.1) is 5.41 Å². The Morgan fingerprint density at radius 2 is 2.20 bits per heavy atom. The number of carbonyl (C=O) groups is 1. The third kappa shape index (κ3) is 3.65. The lowest BCUT2D eigenvalue weighted by atomic mass is 9.65. The number of amides is 1. The maximum atomic E-state index is 12.2. The molecule has 1 saturated heterocycles. The Morgan fingerprint density at radius 3 is 2.96 bits per heavy atom. The van der Waals surface area contributed by atoms with Crippen LogP contribution in [0.2, 0.25) is 5.02 Å². The number of pyridine rings is 1. The van der Waals surface area contributed by atoms with Crippen LogP contribution in [0.15, 0.2) is 36.9 Å². The molecular weight excluding hydrogens is 338 g/mol. The first-order valence-corrected chi connectivity index (χ1v) is 8.89. The number of nitrogens with zero attached hydrogens (tertiary/aromatic N) is 4. The highest BCUT2D eigenvalue weighted by atomic mass is 35.5. The molecule has 0 radical (unpaired) electrons. The smallest absolute Gasteiger partial charge is 0.253 e. The number of hydrogen-bond acceptors (Lipinski definition) is 5. The molecule has 0 aromatic carbocycles. The quantitative estimate of drug-likeness (QED) is 0.909. The number of halogens is 1.